The van der Waals surface area contributed by atoms with Crippen molar-refractivity contribution in [3.8, 4) is 0 Å². The van der Waals surface area contributed by atoms with Crippen LogP contribution >= 0.6 is 11.8 Å². The minimum Gasteiger partial charge on any atom is -0.384 e. The Morgan fingerprint density at radius 1 is 1.64 bits per heavy atom. The Morgan fingerprint density at radius 3 is 2.73 bits per heavy atom. The van der Waals surface area contributed by atoms with E-state index in [-0.39, 0.29) is 5.82 Å². The van der Waals surface area contributed by atoms with Gasteiger partial charge in [0.25, 0.3) is 0 Å². The summed E-state index contributed by atoms with van der Waals surface area (Å²) >= 11 is 1.58. The summed E-state index contributed by atoms with van der Waals surface area (Å²) < 4.78 is 0. The molecule has 0 aromatic carbocycles. The summed E-state index contributed by atoms with van der Waals surface area (Å²) in [5.41, 5.74) is 10.7. The van der Waals surface area contributed by atoms with E-state index in [0.717, 1.165) is 0 Å². The van der Waals surface area contributed by atoms with Gasteiger partial charge < -0.3 is 11.5 Å². The molecule has 0 aliphatic carbocycles. The Bertz CT molecular complexity index is 185. The molecule has 0 saturated heterocycles. The minimum absolute atomic E-state index is 0.285. The van der Waals surface area contributed by atoms with E-state index in [1.54, 1.807) is 11.8 Å². The Hall–Kier alpha value is -0.970. The van der Waals surface area contributed by atoms with Gasteiger partial charge in [0.1, 0.15) is 11.7 Å². The number of aliphatic imine (C=N–C) groups is 2. The van der Waals surface area contributed by atoms with Gasteiger partial charge >= 0.3 is 0 Å². The molecule has 0 saturated carbocycles. The fraction of sp³-hybridized carbons (Fsp3) is 0.333. The van der Waals surface area contributed by atoms with Gasteiger partial charge in [0, 0.05) is 6.08 Å². The topological polar surface area (TPSA) is 76.8 Å². The highest BCUT2D eigenvalue weighted by molar-refractivity contribution is 7.98. The summed E-state index contributed by atoms with van der Waals surface area (Å²) in [6.07, 6.45) is 3.42. The predicted octanol–water partition coefficient (Wildman–Crippen LogP) is 0.165. The first kappa shape index (κ1) is 10.0. The predicted molar refractivity (Wildman–Crippen MR) is 51.8 cm³/mol. The number of nitrogens with zero attached hydrogens (tertiary/aromatic N) is 2. The van der Waals surface area contributed by atoms with Crippen LogP contribution in [0.3, 0.4) is 0 Å². The van der Waals surface area contributed by atoms with Gasteiger partial charge in [-0.15, -0.1) is 11.8 Å². The molecular weight excluding hydrogens is 160 g/mol. The Kier molecular flexibility index (Phi) is 5.28. The molecule has 4 nitrogen and oxygen atoms in total. The van der Waals surface area contributed by atoms with Crippen LogP contribution in [0.25, 0.3) is 0 Å². The number of amidine groups is 1. The molecule has 0 bridgehead atoms. The van der Waals surface area contributed by atoms with E-state index in [4.69, 9.17) is 11.5 Å². The second kappa shape index (κ2) is 5.79. The van der Waals surface area contributed by atoms with Crippen LogP contribution in [0.4, 0.5) is 0 Å². The lowest BCUT2D eigenvalue weighted by Gasteiger charge is -1.93. The average Bonchev–Trinajstić information content (AvgIpc) is 2.00. The lowest BCUT2D eigenvalue weighted by atomic mass is 10.5. The molecule has 0 fully saturated rings. The van der Waals surface area contributed by atoms with E-state index in [0.29, 0.717) is 11.7 Å². The van der Waals surface area contributed by atoms with Crippen molar-refractivity contribution in [3.63, 3.8) is 0 Å². The van der Waals surface area contributed by atoms with Crippen molar-refractivity contribution in [2.24, 2.45) is 21.5 Å². The second-order valence-corrected chi connectivity index (χ2v) is 2.56. The van der Waals surface area contributed by atoms with Gasteiger partial charge in [-0.3, -0.25) is 4.99 Å². The Balaban J connectivity index is 4.03. The zero-order valence-electron chi connectivity index (χ0n) is 6.45. The Labute approximate surface area is 70.5 Å². The van der Waals surface area contributed by atoms with Crippen LogP contribution in [0, 0.1) is 0 Å². The highest BCUT2D eigenvalue weighted by Gasteiger charge is 1.86. The summed E-state index contributed by atoms with van der Waals surface area (Å²) in [7, 11) is 0. The summed E-state index contributed by atoms with van der Waals surface area (Å²) in [4.78, 5) is 7.40. The molecule has 0 heterocycles. The second-order valence-electron chi connectivity index (χ2n) is 1.73. The Morgan fingerprint density at radius 2 is 2.27 bits per heavy atom. The van der Waals surface area contributed by atoms with Crippen LogP contribution in [0.5, 0.6) is 0 Å². The first-order valence-corrected chi connectivity index (χ1v) is 4.33. The maximum Gasteiger partial charge on any atom is 0.126 e. The van der Waals surface area contributed by atoms with Crippen molar-refractivity contribution in [2.45, 2.75) is 0 Å². The van der Waals surface area contributed by atoms with Crippen molar-refractivity contribution in [2.75, 3.05) is 12.1 Å². The van der Waals surface area contributed by atoms with Gasteiger partial charge in [0.05, 0.1) is 5.88 Å². The number of rotatable bonds is 4. The quantitative estimate of drug-likeness (QED) is 0.468. The average molecular weight is 172 g/mol. The van der Waals surface area contributed by atoms with Crippen LogP contribution < -0.4 is 11.5 Å². The fourth-order valence-corrected chi connectivity index (χ4v) is 0.660. The SMILES string of the molecule is C=N/C(N)=C\C(N)=N/CSC. The molecule has 5 heteroatoms. The number of hydrogen-bond donors (Lipinski definition) is 2. The maximum absolute atomic E-state index is 5.43. The molecule has 62 valence electrons. The van der Waals surface area contributed by atoms with E-state index >= 15 is 0 Å². The number of hydrogen-bond acceptors (Lipinski definition) is 4. The summed E-state index contributed by atoms with van der Waals surface area (Å²) in [6, 6.07) is 0. The van der Waals surface area contributed by atoms with Gasteiger partial charge in [-0.05, 0) is 13.0 Å². The maximum atomic E-state index is 5.43. The van der Waals surface area contributed by atoms with Crippen molar-refractivity contribution < 1.29 is 0 Å². The molecule has 0 aromatic rings. The third kappa shape index (κ3) is 5.47. The molecule has 0 spiro atoms. The van der Waals surface area contributed by atoms with Crippen LogP contribution in [-0.4, -0.2) is 24.7 Å². The van der Waals surface area contributed by atoms with Crippen molar-refractivity contribution in [1.82, 2.24) is 0 Å². The normalized spacial score (nSPS) is 13.2. The first-order chi connectivity index (χ1) is 5.20. The van der Waals surface area contributed by atoms with Crippen molar-refractivity contribution >= 4 is 24.3 Å². The molecule has 0 amide bonds. The van der Waals surface area contributed by atoms with E-state index in [9.17, 15) is 0 Å². The van der Waals surface area contributed by atoms with Crippen LogP contribution in [-0.2, 0) is 0 Å². The molecule has 0 unspecified atom stereocenters. The minimum atomic E-state index is 0.285. The van der Waals surface area contributed by atoms with E-state index < -0.39 is 0 Å². The molecule has 0 atom stereocenters. The van der Waals surface area contributed by atoms with Crippen LogP contribution in [0.1, 0.15) is 0 Å². The molecule has 0 radical (unpaired) electrons. The summed E-state index contributed by atoms with van der Waals surface area (Å²) in [5, 5.41) is 0. The van der Waals surface area contributed by atoms with Gasteiger partial charge in [-0.2, -0.15) is 0 Å². The smallest absolute Gasteiger partial charge is 0.126 e. The summed E-state index contributed by atoms with van der Waals surface area (Å²) in [6.45, 7) is 3.23. The monoisotopic (exact) mass is 172 g/mol. The zero-order valence-corrected chi connectivity index (χ0v) is 7.27. The highest BCUT2D eigenvalue weighted by Crippen LogP contribution is 1.92. The zero-order chi connectivity index (χ0) is 8.69. The molecule has 11 heavy (non-hydrogen) atoms. The fourth-order valence-electron chi connectivity index (χ4n) is 0.382. The lowest BCUT2D eigenvalue weighted by molar-refractivity contribution is 1.25. The van der Waals surface area contributed by atoms with Crippen molar-refractivity contribution in [3.05, 3.63) is 11.9 Å². The largest absolute Gasteiger partial charge is 0.384 e. The standard InChI is InChI=1S/C6H12N4S/c1-9-5(7)3-6(8)10-4-11-2/h3H,1,4,7H2,2H3,(H2,8,10)/b5-3-. The molecular formula is C6H12N4S. The molecule has 0 aliphatic rings. The molecule has 0 aliphatic heterocycles. The van der Waals surface area contributed by atoms with Gasteiger partial charge in [-0.25, -0.2) is 4.99 Å². The van der Waals surface area contributed by atoms with Crippen LogP contribution in [0.2, 0.25) is 0 Å². The van der Waals surface area contributed by atoms with E-state index in [2.05, 4.69) is 16.7 Å². The lowest BCUT2D eigenvalue weighted by Crippen LogP contribution is -2.11. The number of thioether (sulfide) groups is 1. The molecule has 0 aromatic heterocycles. The summed E-state index contributed by atoms with van der Waals surface area (Å²) in [5.74, 6) is 1.30. The number of nitrogens with two attached hydrogens (primary N) is 2. The molecule has 4 N–H and O–H groups in total. The van der Waals surface area contributed by atoms with Crippen LogP contribution in [0.15, 0.2) is 21.9 Å². The van der Waals surface area contributed by atoms with E-state index in [1.807, 2.05) is 6.26 Å². The van der Waals surface area contributed by atoms with Gasteiger partial charge in [0.2, 0.25) is 0 Å². The third-order valence-electron chi connectivity index (χ3n) is 0.855. The van der Waals surface area contributed by atoms with Gasteiger partial charge in [0.15, 0.2) is 0 Å². The highest BCUT2D eigenvalue weighted by atomic mass is 32.2. The van der Waals surface area contributed by atoms with Crippen molar-refractivity contribution in [1.29, 1.82) is 0 Å². The third-order valence-corrected chi connectivity index (χ3v) is 1.24. The van der Waals surface area contributed by atoms with Gasteiger partial charge in [-0.1, -0.05) is 0 Å². The first-order valence-electron chi connectivity index (χ1n) is 2.93. The van der Waals surface area contributed by atoms with E-state index in [1.165, 1.54) is 6.08 Å². The molecule has 0 rings (SSSR count).